The third kappa shape index (κ3) is 5.42. The van der Waals surface area contributed by atoms with Gasteiger partial charge in [0.15, 0.2) is 0 Å². The lowest BCUT2D eigenvalue weighted by Gasteiger charge is -2.09. The van der Waals surface area contributed by atoms with Gasteiger partial charge in [0.2, 0.25) is 10.0 Å². The highest BCUT2D eigenvalue weighted by Crippen LogP contribution is 2.20. The summed E-state index contributed by atoms with van der Waals surface area (Å²) < 4.78 is 22.5. The van der Waals surface area contributed by atoms with Gasteiger partial charge in [-0.15, -0.1) is 0 Å². The molecule has 0 aliphatic heterocycles. The average Bonchev–Trinajstić information content (AvgIpc) is 2.69. The molecule has 3 aromatic rings. The van der Waals surface area contributed by atoms with Gasteiger partial charge in [-0.1, -0.05) is 54.6 Å². The molecule has 0 bridgehead atoms. The Labute approximate surface area is 164 Å². The molecule has 0 atom stereocenters. The molecule has 0 fully saturated rings. The summed E-state index contributed by atoms with van der Waals surface area (Å²) in [6.07, 6.45) is 0.575. The molecule has 3 rings (SSSR count). The van der Waals surface area contributed by atoms with E-state index in [0.717, 1.165) is 16.7 Å². The Morgan fingerprint density at radius 3 is 2.04 bits per heavy atom. The van der Waals surface area contributed by atoms with Crippen molar-refractivity contribution in [3.63, 3.8) is 0 Å². The van der Waals surface area contributed by atoms with Crippen LogP contribution >= 0.6 is 0 Å². The summed E-state index contributed by atoms with van der Waals surface area (Å²) in [5.74, 6) is 0. The van der Waals surface area contributed by atoms with Crippen LogP contribution in [0.15, 0.2) is 83.8 Å². The third-order valence-electron chi connectivity index (χ3n) is 4.20. The molecule has 144 valence electrons. The van der Waals surface area contributed by atoms with Gasteiger partial charge >= 0.3 is 6.03 Å². The van der Waals surface area contributed by atoms with Crippen LogP contribution in [0.4, 0.5) is 10.5 Å². The number of carbonyl (C=O) groups is 1. The minimum atomic E-state index is -3.69. The topological polar surface area (TPSA) is 101 Å². The first kappa shape index (κ1) is 19.6. The molecule has 0 saturated carbocycles. The van der Waals surface area contributed by atoms with Crippen molar-refractivity contribution in [2.24, 2.45) is 5.14 Å². The Hall–Kier alpha value is -3.16. The summed E-state index contributed by atoms with van der Waals surface area (Å²) >= 11 is 0. The standard InChI is InChI=1S/C21H21N3O3S/c22-28(26,27)20-12-6-16(7-13-20)14-15-23-21(25)24-19-10-8-18(9-11-19)17-4-2-1-3-5-17/h1-13H,14-15H2,(H2,22,26,27)(H2,23,24,25). The smallest absolute Gasteiger partial charge is 0.319 e. The predicted molar refractivity (Wildman–Crippen MR) is 110 cm³/mol. The number of sulfonamides is 1. The van der Waals surface area contributed by atoms with Gasteiger partial charge in [-0.3, -0.25) is 0 Å². The van der Waals surface area contributed by atoms with E-state index in [0.29, 0.717) is 18.7 Å². The summed E-state index contributed by atoms with van der Waals surface area (Å²) in [4.78, 5) is 12.1. The lowest BCUT2D eigenvalue weighted by molar-refractivity contribution is 0.252. The molecular formula is C21H21N3O3S. The average molecular weight is 395 g/mol. The van der Waals surface area contributed by atoms with Crippen molar-refractivity contribution in [3.8, 4) is 11.1 Å². The van der Waals surface area contributed by atoms with Gasteiger partial charge in [-0.25, -0.2) is 18.4 Å². The number of anilines is 1. The van der Waals surface area contributed by atoms with Crippen molar-refractivity contribution in [2.75, 3.05) is 11.9 Å². The highest BCUT2D eigenvalue weighted by Gasteiger charge is 2.07. The normalized spacial score (nSPS) is 11.0. The number of urea groups is 1. The van der Waals surface area contributed by atoms with E-state index in [9.17, 15) is 13.2 Å². The Morgan fingerprint density at radius 2 is 1.43 bits per heavy atom. The van der Waals surface area contributed by atoms with Crippen molar-refractivity contribution in [1.29, 1.82) is 0 Å². The number of nitrogens with two attached hydrogens (primary N) is 1. The van der Waals surface area contributed by atoms with Gasteiger partial charge in [0.1, 0.15) is 0 Å². The number of primary sulfonamides is 1. The van der Waals surface area contributed by atoms with Crippen LogP contribution in [0.5, 0.6) is 0 Å². The van der Waals surface area contributed by atoms with E-state index in [1.54, 1.807) is 12.1 Å². The minimum absolute atomic E-state index is 0.0703. The van der Waals surface area contributed by atoms with E-state index < -0.39 is 10.0 Å². The van der Waals surface area contributed by atoms with Gasteiger partial charge in [0.05, 0.1) is 4.90 Å². The summed E-state index contributed by atoms with van der Waals surface area (Å²) in [6.45, 7) is 0.419. The van der Waals surface area contributed by atoms with Crippen LogP contribution in [0.3, 0.4) is 0 Å². The lowest BCUT2D eigenvalue weighted by atomic mass is 10.1. The molecule has 3 aromatic carbocycles. The van der Waals surface area contributed by atoms with Crippen molar-refractivity contribution >= 4 is 21.7 Å². The molecular weight excluding hydrogens is 374 g/mol. The second-order valence-electron chi connectivity index (χ2n) is 6.26. The van der Waals surface area contributed by atoms with E-state index in [1.807, 2.05) is 54.6 Å². The quantitative estimate of drug-likeness (QED) is 0.596. The van der Waals surface area contributed by atoms with Crippen LogP contribution in [0.1, 0.15) is 5.56 Å². The van der Waals surface area contributed by atoms with Crippen LogP contribution in [-0.2, 0) is 16.4 Å². The number of hydrogen-bond donors (Lipinski definition) is 3. The van der Waals surface area contributed by atoms with Crippen LogP contribution in [-0.4, -0.2) is 21.0 Å². The third-order valence-corrected chi connectivity index (χ3v) is 5.13. The van der Waals surface area contributed by atoms with Gasteiger partial charge in [0.25, 0.3) is 0 Å². The number of hydrogen-bond acceptors (Lipinski definition) is 3. The highest BCUT2D eigenvalue weighted by molar-refractivity contribution is 7.89. The molecule has 0 aromatic heterocycles. The summed E-state index contributed by atoms with van der Waals surface area (Å²) in [5, 5.41) is 10.6. The van der Waals surface area contributed by atoms with E-state index in [2.05, 4.69) is 10.6 Å². The SMILES string of the molecule is NS(=O)(=O)c1ccc(CCNC(=O)Nc2ccc(-c3ccccc3)cc2)cc1. The van der Waals surface area contributed by atoms with Crippen LogP contribution in [0, 0.1) is 0 Å². The molecule has 0 aliphatic carbocycles. The minimum Gasteiger partial charge on any atom is -0.338 e. The molecule has 0 heterocycles. The molecule has 0 aliphatic rings. The van der Waals surface area contributed by atoms with Crippen LogP contribution in [0.25, 0.3) is 11.1 Å². The number of amides is 2. The first-order valence-electron chi connectivity index (χ1n) is 8.74. The van der Waals surface area contributed by atoms with E-state index >= 15 is 0 Å². The van der Waals surface area contributed by atoms with Gasteiger partial charge in [-0.2, -0.15) is 0 Å². The largest absolute Gasteiger partial charge is 0.338 e. The maximum atomic E-state index is 12.0. The monoisotopic (exact) mass is 395 g/mol. The van der Waals surface area contributed by atoms with E-state index in [1.165, 1.54) is 12.1 Å². The van der Waals surface area contributed by atoms with Crippen molar-refractivity contribution in [2.45, 2.75) is 11.3 Å². The molecule has 0 saturated heterocycles. The molecule has 2 amide bonds. The number of benzene rings is 3. The first-order valence-corrected chi connectivity index (χ1v) is 10.3. The Balaban J connectivity index is 1.48. The van der Waals surface area contributed by atoms with Crippen molar-refractivity contribution < 1.29 is 13.2 Å². The fraction of sp³-hybridized carbons (Fsp3) is 0.0952. The first-order chi connectivity index (χ1) is 13.4. The highest BCUT2D eigenvalue weighted by atomic mass is 32.2. The molecule has 0 unspecified atom stereocenters. The van der Waals surface area contributed by atoms with Crippen LogP contribution in [0.2, 0.25) is 0 Å². The number of carbonyl (C=O) groups excluding carboxylic acids is 1. The molecule has 0 radical (unpaired) electrons. The summed E-state index contributed by atoms with van der Waals surface area (Å²) in [7, 11) is -3.69. The number of rotatable bonds is 6. The Morgan fingerprint density at radius 1 is 0.821 bits per heavy atom. The van der Waals surface area contributed by atoms with Gasteiger partial charge < -0.3 is 10.6 Å². The second kappa shape index (κ2) is 8.69. The molecule has 6 nitrogen and oxygen atoms in total. The fourth-order valence-corrected chi connectivity index (χ4v) is 3.23. The maximum absolute atomic E-state index is 12.0. The van der Waals surface area contributed by atoms with Crippen LogP contribution < -0.4 is 15.8 Å². The Bertz CT molecular complexity index is 1030. The molecule has 0 spiro atoms. The van der Waals surface area contributed by atoms with Gasteiger partial charge in [0, 0.05) is 12.2 Å². The summed E-state index contributed by atoms with van der Waals surface area (Å²) in [5.41, 5.74) is 3.80. The molecule has 4 N–H and O–H groups in total. The zero-order valence-corrected chi connectivity index (χ0v) is 15.9. The Kier molecular flexibility index (Phi) is 6.08. The molecule has 28 heavy (non-hydrogen) atoms. The predicted octanol–water partition coefficient (Wildman–Crippen LogP) is 3.37. The second-order valence-corrected chi connectivity index (χ2v) is 7.82. The lowest BCUT2D eigenvalue weighted by Crippen LogP contribution is -2.30. The molecule has 7 heteroatoms. The van der Waals surface area contributed by atoms with Crippen molar-refractivity contribution in [1.82, 2.24) is 5.32 Å². The summed E-state index contributed by atoms with van der Waals surface area (Å²) in [6, 6.07) is 23.6. The fourth-order valence-electron chi connectivity index (χ4n) is 2.72. The maximum Gasteiger partial charge on any atom is 0.319 e. The van der Waals surface area contributed by atoms with Gasteiger partial charge in [-0.05, 0) is 47.4 Å². The zero-order chi connectivity index (χ0) is 20.0. The van der Waals surface area contributed by atoms with Crippen molar-refractivity contribution in [3.05, 3.63) is 84.4 Å². The number of nitrogens with one attached hydrogen (secondary N) is 2. The zero-order valence-electron chi connectivity index (χ0n) is 15.1. The van der Waals surface area contributed by atoms with E-state index in [4.69, 9.17) is 5.14 Å². The van der Waals surface area contributed by atoms with E-state index in [-0.39, 0.29) is 10.9 Å².